The number of carbonyl (C=O) groups is 1. The molecule has 0 aliphatic carbocycles. The number of Topliss-reactive ketones (excluding diaryl/α,β-unsaturated/α-hetero) is 1. The minimum Gasteiger partial charge on any atom is -0.491 e. The van der Waals surface area contributed by atoms with Crippen molar-refractivity contribution in [3.63, 3.8) is 0 Å². The Balaban J connectivity index is 2.05. The van der Waals surface area contributed by atoms with Crippen molar-refractivity contribution in [2.24, 2.45) is 0 Å². The van der Waals surface area contributed by atoms with Gasteiger partial charge in [-0.15, -0.1) is 0 Å². The number of halogens is 2. The molecule has 21 heavy (non-hydrogen) atoms. The molecule has 0 radical (unpaired) electrons. The van der Waals surface area contributed by atoms with E-state index in [1.54, 1.807) is 24.5 Å². The SMILES string of the molecule is O=C1/C(=C\c2cccnc2)CCOc2c1ccc(Cl)c2Cl. The molecule has 0 atom stereocenters. The van der Waals surface area contributed by atoms with E-state index in [1.807, 2.05) is 18.2 Å². The van der Waals surface area contributed by atoms with Crippen LogP contribution in [0.3, 0.4) is 0 Å². The predicted molar refractivity (Wildman–Crippen MR) is 83.1 cm³/mol. The molecule has 1 aromatic heterocycles. The summed E-state index contributed by atoms with van der Waals surface area (Å²) in [7, 11) is 0. The fourth-order valence-corrected chi connectivity index (χ4v) is 2.57. The van der Waals surface area contributed by atoms with Crippen molar-refractivity contribution >= 4 is 35.1 Å². The number of pyridine rings is 1. The fourth-order valence-electron chi connectivity index (χ4n) is 2.20. The Kier molecular flexibility index (Phi) is 3.95. The molecule has 0 fully saturated rings. The van der Waals surface area contributed by atoms with Gasteiger partial charge in [-0.1, -0.05) is 29.3 Å². The quantitative estimate of drug-likeness (QED) is 0.729. The van der Waals surface area contributed by atoms with Crippen molar-refractivity contribution in [1.29, 1.82) is 0 Å². The summed E-state index contributed by atoms with van der Waals surface area (Å²) in [5.74, 6) is 0.272. The van der Waals surface area contributed by atoms with E-state index in [0.717, 1.165) is 5.56 Å². The molecular weight excluding hydrogens is 309 g/mol. The van der Waals surface area contributed by atoms with Gasteiger partial charge in [-0.05, 0) is 29.8 Å². The minimum absolute atomic E-state index is 0.0927. The third-order valence-corrected chi connectivity index (χ3v) is 4.02. The van der Waals surface area contributed by atoms with Gasteiger partial charge in [0.05, 0.1) is 17.2 Å². The van der Waals surface area contributed by atoms with E-state index in [2.05, 4.69) is 4.98 Å². The standard InChI is InChI=1S/C16H11Cl2NO2/c17-13-4-3-12-15(20)11(5-7-21-16(12)14(13)18)8-10-2-1-6-19-9-10/h1-4,6,8-9H,5,7H2/b11-8-. The van der Waals surface area contributed by atoms with Crippen LogP contribution in [0.15, 0.2) is 42.2 Å². The lowest BCUT2D eigenvalue weighted by Gasteiger charge is -2.08. The van der Waals surface area contributed by atoms with Crippen molar-refractivity contribution in [3.05, 3.63) is 63.4 Å². The van der Waals surface area contributed by atoms with Gasteiger partial charge in [0.1, 0.15) is 5.02 Å². The lowest BCUT2D eigenvalue weighted by Crippen LogP contribution is -2.02. The maximum atomic E-state index is 12.6. The van der Waals surface area contributed by atoms with Gasteiger partial charge < -0.3 is 4.74 Å². The molecule has 3 rings (SSSR count). The van der Waals surface area contributed by atoms with Gasteiger partial charge in [0.15, 0.2) is 11.5 Å². The van der Waals surface area contributed by atoms with Crippen molar-refractivity contribution in [1.82, 2.24) is 4.98 Å². The molecule has 0 unspecified atom stereocenters. The molecule has 0 spiro atoms. The third-order valence-electron chi connectivity index (χ3n) is 3.23. The summed E-state index contributed by atoms with van der Waals surface area (Å²) in [4.78, 5) is 16.7. The number of rotatable bonds is 1. The van der Waals surface area contributed by atoms with Gasteiger partial charge in [0.2, 0.25) is 0 Å². The first-order valence-corrected chi connectivity index (χ1v) is 7.18. The van der Waals surface area contributed by atoms with Crippen LogP contribution in [0.25, 0.3) is 6.08 Å². The molecule has 3 nitrogen and oxygen atoms in total. The molecule has 1 aliphatic rings. The van der Waals surface area contributed by atoms with Crippen molar-refractivity contribution in [2.45, 2.75) is 6.42 Å². The molecule has 0 saturated heterocycles. The Morgan fingerprint density at radius 1 is 1.24 bits per heavy atom. The summed E-state index contributed by atoms with van der Waals surface area (Å²) in [5, 5.41) is 0.660. The fraction of sp³-hybridized carbons (Fsp3) is 0.125. The normalized spacial score (nSPS) is 16.3. The third kappa shape index (κ3) is 2.80. The number of carbonyl (C=O) groups excluding carboxylic acids is 1. The van der Waals surface area contributed by atoms with Gasteiger partial charge in [-0.2, -0.15) is 0 Å². The molecule has 5 heteroatoms. The average molecular weight is 320 g/mol. The monoisotopic (exact) mass is 319 g/mol. The van der Waals surface area contributed by atoms with Gasteiger partial charge >= 0.3 is 0 Å². The van der Waals surface area contributed by atoms with Crippen LogP contribution in [0.2, 0.25) is 10.0 Å². The number of ketones is 1. The highest BCUT2D eigenvalue weighted by molar-refractivity contribution is 6.43. The summed E-state index contributed by atoms with van der Waals surface area (Å²) in [6.07, 6.45) is 5.74. The first-order chi connectivity index (χ1) is 10.2. The molecule has 2 aromatic rings. The van der Waals surface area contributed by atoms with Crippen LogP contribution < -0.4 is 4.74 Å². The molecule has 106 valence electrons. The summed E-state index contributed by atoms with van der Waals surface area (Å²) in [5.41, 5.74) is 1.99. The number of nitrogens with zero attached hydrogens (tertiary/aromatic N) is 1. The molecule has 2 heterocycles. The molecule has 0 amide bonds. The van der Waals surface area contributed by atoms with Gasteiger partial charge in [0, 0.05) is 24.4 Å². The van der Waals surface area contributed by atoms with Crippen molar-refractivity contribution in [3.8, 4) is 5.75 Å². The molecule has 1 aliphatic heterocycles. The number of hydrogen-bond donors (Lipinski definition) is 0. The van der Waals surface area contributed by atoms with E-state index < -0.39 is 0 Å². The summed E-state index contributed by atoms with van der Waals surface area (Å²) in [6, 6.07) is 6.98. The average Bonchev–Trinajstić information content (AvgIpc) is 2.65. The molecule has 0 bridgehead atoms. The van der Waals surface area contributed by atoms with E-state index in [1.165, 1.54) is 0 Å². The Morgan fingerprint density at radius 3 is 2.86 bits per heavy atom. The van der Waals surface area contributed by atoms with Crippen LogP contribution in [0.1, 0.15) is 22.3 Å². The van der Waals surface area contributed by atoms with Gasteiger partial charge in [-0.25, -0.2) is 0 Å². The number of aromatic nitrogens is 1. The highest BCUT2D eigenvalue weighted by atomic mass is 35.5. The van der Waals surface area contributed by atoms with E-state index in [4.69, 9.17) is 27.9 Å². The van der Waals surface area contributed by atoms with Crippen LogP contribution >= 0.6 is 23.2 Å². The topological polar surface area (TPSA) is 39.2 Å². The first kappa shape index (κ1) is 14.1. The van der Waals surface area contributed by atoms with E-state index >= 15 is 0 Å². The second-order valence-corrected chi connectivity index (χ2v) is 5.41. The second-order valence-electron chi connectivity index (χ2n) is 4.62. The molecule has 1 aromatic carbocycles. The van der Waals surface area contributed by atoms with Crippen molar-refractivity contribution in [2.75, 3.05) is 6.61 Å². The molecule has 0 N–H and O–H groups in total. The number of benzene rings is 1. The lowest BCUT2D eigenvalue weighted by molar-refractivity contribution is 0.103. The Labute approximate surface area is 132 Å². The predicted octanol–water partition coefficient (Wildman–Crippen LogP) is 4.44. The maximum absolute atomic E-state index is 12.6. The molecule has 0 saturated carbocycles. The van der Waals surface area contributed by atoms with E-state index in [0.29, 0.717) is 34.9 Å². The Bertz CT molecular complexity index is 727. The van der Waals surface area contributed by atoms with Crippen molar-refractivity contribution < 1.29 is 9.53 Å². The van der Waals surface area contributed by atoms with E-state index in [9.17, 15) is 4.79 Å². The zero-order valence-corrected chi connectivity index (χ0v) is 12.5. The summed E-state index contributed by atoms with van der Waals surface area (Å²) >= 11 is 12.1. The summed E-state index contributed by atoms with van der Waals surface area (Å²) in [6.45, 7) is 0.380. The zero-order valence-electron chi connectivity index (χ0n) is 11.0. The van der Waals surface area contributed by atoms with Crippen LogP contribution in [-0.4, -0.2) is 17.4 Å². The number of hydrogen-bond acceptors (Lipinski definition) is 3. The Morgan fingerprint density at radius 2 is 2.10 bits per heavy atom. The maximum Gasteiger partial charge on any atom is 0.192 e. The molecular formula is C16H11Cl2NO2. The first-order valence-electron chi connectivity index (χ1n) is 6.43. The zero-order chi connectivity index (χ0) is 14.8. The summed E-state index contributed by atoms with van der Waals surface area (Å²) < 4.78 is 5.60. The smallest absolute Gasteiger partial charge is 0.192 e. The van der Waals surface area contributed by atoms with Crippen LogP contribution in [-0.2, 0) is 0 Å². The lowest BCUT2D eigenvalue weighted by atomic mass is 9.99. The van der Waals surface area contributed by atoms with Crippen LogP contribution in [0.5, 0.6) is 5.75 Å². The van der Waals surface area contributed by atoms with Crippen LogP contribution in [0.4, 0.5) is 0 Å². The second kappa shape index (κ2) is 5.88. The number of fused-ring (bicyclic) bond motifs is 1. The van der Waals surface area contributed by atoms with Gasteiger partial charge in [-0.3, -0.25) is 9.78 Å². The number of ether oxygens (including phenoxy) is 1. The highest BCUT2D eigenvalue weighted by Crippen LogP contribution is 2.38. The largest absolute Gasteiger partial charge is 0.491 e. The van der Waals surface area contributed by atoms with E-state index in [-0.39, 0.29) is 10.8 Å². The van der Waals surface area contributed by atoms with Crippen LogP contribution in [0, 0.1) is 0 Å². The van der Waals surface area contributed by atoms with Gasteiger partial charge in [0.25, 0.3) is 0 Å². The highest BCUT2D eigenvalue weighted by Gasteiger charge is 2.24. The minimum atomic E-state index is -0.0927. The Hall–Kier alpha value is -1.84.